The summed E-state index contributed by atoms with van der Waals surface area (Å²) in [5, 5.41) is 0. The molecule has 0 radical (unpaired) electrons. The van der Waals surface area contributed by atoms with Crippen molar-refractivity contribution in [3.05, 3.63) is 23.8 Å². The molecule has 2 rings (SSSR count). The van der Waals surface area contributed by atoms with Crippen LogP contribution >= 0.6 is 11.8 Å². The molecule has 0 heterocycles. The quantitative estimate of drug-likeness (QED) is 0.566. The average molecular weight is 222 g/mol. The minimum Gasteiger partial charge on any atom is -0.493 e. The van der Waals surface area contributed by atoms with Gasteiger partial charge in [0.25, 0.3) is 0 Å². The van der Waals surface area contributed by atoms with Crippen LogP contribution < -0.4 is 4.74 Å². The lowest BCUT2D eigenvalue weighted by atomic mass is 10.2. The summed E-state index contributed by atoms with van der Waals surface area (Å²) < 4.78 is 5.61. The fourth-order valence-electron chi connectivity index (χ4n) is 1.37. The molecule has 0 saturated heterocycles. The van der Waals surface area contributed by atoms with E-state index in [0.29, 0.717) is 11.5 Å². The molecule has 1 aromatic carbocycles. The zero-order chi connectivity index (χ0) is 10.7. The zero-order valence-corrected chi connectivity index (χ0v) is 9.55. The van der Waals surface area contributed by atoms with Gasteiger partial charge in [0.1, 0.15) is 5.75 Å². The number of carbonyl (C=O) groups is 1. The van der Waals surface area contributed by atoms with Gasteiger partial charge in [0.2, 0.25) is 0 Å². The third-order valence-electron chi connectivity index (χ3n) is 2.52. The van der Waals surface area contributed by atoms with Crippen LogP contribution in [0.5, 0.6) is 5.75 Å². The Morgan fingerprint density at radius 3 is 2.93 bits per heavy atom. The molecule has 80 valence electrons. The van der Waals surface area contributed by atoms with E-state index in [1.165, 1.54) is 12.8 Å². The minimum absolute atomic E-state index is 0.655. The predicted octanol–water partition coefficient (Wildman–Crippen LogP) is 3.01. The highest BCUT2D eigenvalue weighted by molar-refractivity contribution is 7.98. The van der Waals surface area contributed by atoms with Crippen molar-refractivity contribution >= 4 is 18.0 Å². The maximum Gasteiger partial charge on any atom is 0.153 e. The van der Waals surface area contributed by atoms with Gasteiger partial charge in [-0.25, -0.2) is 0 Å². The summed E-state index contributed by atoms with van der Waals surface area (Å²) in [5.41, 5.74) is 0.655. The molecule has 2 nitrogen and oxygen atoms in total. The summed E-state index contributed by atoms with van der Waals surface area (Å²) in [5.74, 6) is 1.43. The van der Waals surface area contributed by atoms with E-state index < -0.39 is 0 Å². The molecule has 1 fully saturated rings. The van der Waals surface area contributed by atoms with Gasteiger partial charge in [0.05, 0.1) is 12.2 Å². The average Bonchev–Trinajstić information content (AvgIpc) is 3.10. The number of aldehydes is 1. The molecule has 0 atom stereocenters. The molecule has 0 unspecified atom stereocenters. The van der Waals surface area contributed by atoms with E-state index in [0.717, 1.165) is 23.5 Å². The normalized spacial score (nSPS) is 15.0. The highest BCUT2D eigenvalue weighted by Gasteiger charge is 2.22. The van der Waals surface area contributed by atoms with Crippen LogP contribution in [-0.4, -0.2) is 19.1 Å². The maximum absolute atomic E-state index is 10.9. The smallest absolute Gasteiger partial charge is 0.153 e. The molecular weight excluding hydrogens is 208 g/mol. The first kappa shape index (κ1) is 10.6. The van der Waals surface area contributed by atoms with Crippen LogP contribution in [0.1, 0.15) is 23.2 Å². The molecule has 0 spiro atoms. The van der Waals surface area contributed by atoms with Crippen molar-refractivity contribution in [2.45, 2.75) is 17.7 Å². The summed E-state index contributed by atoms with van der Waals surface area (Å²) in [7, 11) is 0. The monoisotopic (exact) mass is 222 g/mol. The van der Waals surface area contributed by atoms with Crippen LogP contribution in [0.2, 0.25) is 0 Å². The predicted molar refractivity (Wildman–Crippen MR) is 61.8 cm³/mol. The second-order valence-electron chi connectivity index (χ2n) is 3.78. The Balaban J connectivity index is 2.09. The summed E-state index contributed by atoms with van der Waals surface area (Å²) >= 11 is 1.63. The highest BCUT2D eigenvalue weighted by Crippen LogP contribution is 2.31. The van der Waals surface area contributed by atoms with E-state index in [4.69, 9.17) is 4.74 Å². The number of thioether (sulfide) groups is 1. The summed E-state index contributed by atoms with van der Waals surface area (Å²) in [4.78, 5) is 12.0. The van der Waals surface area contributed by atoms with Crippen LogP contribution in [0.3, 0.4) is 0 Å². The topological polar surface area (TPSA) is 26.3 Å². The van der Waals surface area contributed by atoms with Crippen molar-refractivity contribution in [3.8, 4) is 5.75 Å². The van der Waals surface area contributed by atoms with Gasteiger partial charge in [-0.2, -0.15) is 0 Å². The SMILES string of the molecule is CSc1ccc(OCC2CC2)c(C=O)c1. The van der Waals surface area contributed by atoms with Crippen molar-refractivity contribution in [2.24, 2.45) is 5.92 Å². The molecule has 0 aromatic heterocycles. The zero-order valence-electron chi connectivity index (χ0n) is 8.73. The largest absolute Gasteiger partial charge is 0.493 e. The van der Waals surface area contributed by atoms with Gasteiger partial charge < -0.3 is 4.74 Å². The number of hydrogen-bond donors (Lipinski definition) is 0. The molecule has 0 bridgehead atoms. The number of ether oxygens (including phenoxy) is 1. The molecule has 0 N–H and O–H groups in total. The Kier molecular flexibility index (Phi) is 3.31. The van der Waals surface area contributed by atoms with Crippen LogP contribution in [-0.2, 0) is 0 Å². The van der Waals surface area contributed by atoms with Crippen molar-refractivity contribution in [3.63, 3.8) is 0 Å². The lowest BCUT2D eigenvalue weighted by molar-refractivity contribution is 0.111. The molecule has 15 heavy (non-hydrogen) atoms. The third-order valence-corrected chi connectivity index (χ3v) is 3.24. The van der Waals surface area contributed by atoms with Crippen molar-refractivity contribution < 1.29 is 9.53 Å². The molecule has 1 aromatic rings. The molecule has 0 aliphatic heterocycles. The van der Waals surface area contributed by atoms with Crippen LogP contribution in [0.4, 0.5) is 0 Å². The Morgan fingerprint density at radius 2 is 2.33 bits per heavy atom. The van der Waals surface area contributed by atoms with Gasteiger partial charge in [-0.3, -0.25) is 4.79 Å². The maximum atomic E-state index is 10.9. The third kappa shape index (κ3) is 2.75. The lowest BCUT2D eigenvalue weighted by Gasteiger charge is -2.08. The fraction of sp³-hybridized carbons (Fsp3) is 0.417. The van der Waals surface area contributed by atoms with Gasteiger partial charge in [-0.15, -0.1) is 11.8 Å². The fourth-order valence-corrected chi connectivity index (χ4v) is 1.82. The number of benzene rings is 1. The van der Waals surface area contributed by atoms with Gasteiger partial charge >= 0.3 is 0 Å². The van der Waals surface area contributed by atoms with Crippen molar-refractivity contribution in [1.29, 1.82) is 0 Å². The van der Waals surface area contributed by atoms with Crippen molar-refractivity contribution in [1.82, 2.24) is 0 Å². The summed E-state index contributed by atoms with van der Waals surface area (Å²) in [6, 6.07) is 5.75. The standard InChI is InChI=1S/C12H14O2S/c1-15-11-4-5-12(10(6-11)7-13)14-8-9-2-3-9/h4-7,9H,2-3,8H2,1H3. The number of hydrogen-bond acceptors (Lipinski definition) is 3. The van der Waals surface area contributed by atoms with Crippen molar-refractivity contribution in [2.75, 3.05) is 12.9 Å². The van der Waals surface area contributed by atoms with Crippen LogP contribution in [0.15, 0.2) is 23.1 Å². The van der Waals surface area contributed by atoms with E-state index in [-0.39, 0.29) is 0 Å². The number of carbonyl (C=O) groups excluding carboxylic acids is 1. The molecule has 3 heteroatoms. The molecule has 1 aliphatic rings. The Hall–Kier alpha value is -0.960. The van der Waals surface area contributed by atoms with Crippen LogP contribution in [0, 0.1) is 5.92 Å². The molecular formula is C12H14O2S. The first-order valence-corrected chi connectivity index (χ1v) is 6.32. The van der Waals surface area contributed by atoms with E-state index in [1.807, 2.05) is 24.5 Å². The van der Waals surface area contributed by atoms with Gasteiger partial charge in [0.15, 0.2) is 6.29 Å². The first-order valence-electron chi connectivity index (χ1n) is 5.09. The lowest BCUT2D eigenvalue weighted by Crippen LogP contribution is -2.01. The van der Waals surface area contributed by atoms with Gasteiger partial charge in [-0.05, 0) is 43.2 Å². The summed E-state index contributed by atoms with van der Waals surface area (Å²) in [6.45, 7) is 0.749. The first-order chi connectivity index (χ1) is 7.33. The Labute approximate surface area is 94.0 Å². The van der Waals surface area contributed by atoms with E-state index >= 15 is 0 Å². The highest BCUT2D eigenvalue weighted by atomic mass is 32.2. The second-order valence-corrected chi connectivity index (χ2v) is 4.66. The molecule has 1 saturated carbocycles. The minimum atomic E-state index is 0.655. The van der Waals surface area contributed by atoms with E-state index in [2.05, 4.69) is 0 Å². The van der Waals surface area contributed by atoms with E-state index in [9.17, 15) is 4.79 Å². The Bertz CT molecular complexity index is 359. The second kappa shape index (κ2) is 4.71. The van der Waals surface area contributed by atoms with Gasteiger partial charge in [-0.1, -0.05) is 0 Å². The molecule has 1 aliphatic carbocycles. The van der Waals surface area contributed by atoms with Crippen LogP contribution in [0.25, 0.3) is 0 Å². The Morgan fingerprint density at radius 1 is 1.53 bits per heavy atom. The number of rotatable bonds is 5. The molecule has 0 amide bonds. The van der Waals surface area contributed by atoms with Gasteiger partial charge in [0, 0.05) is 4.90 Å². The summed E-state index contributed by atoms with van der Waals surface area (Å²) in [6.07, 6.45) is 5.38. The van der Waals surface area contributed by atoms with E-state index in [1.54, 1.807) is 11.8 Å².